The van der Waals surface area contributed by atoms with Gasteiger partial charge in [0.05, 0.1) is 0 Å². The fourth-order valence-corrected chi connectivity index (χ4v) is 9.73. The average molecular weight is 694 g/mol. The molecule has 0 amide bonds. The summed E-state index contributed by atoms with van der Waals surface area (Å²) < 4.78 is 6.86. The van der Waals surface area contributed by atoms with E-state index in [2.05, 4.69) is 196 Å². The molecule has 1 heterocycles. The SMILES string of the molecule is CC1(C)c2ccccc2-c2ccc(N(c3ccc4c(c3)C(C)(C)c3ccccc3-4)c3ccc4c(c3)oc3cc(-c5ccccc5)c5ccccc5c34)cc21. The Bertz CT molecular complexity index is 2890. The van der Waals surface area contributed by atoms with Gasteiger partial charge in [0, 0.05) is 44.7 Å². The first-order valence-corrected chi connectivity index (χ1v) is 19.0. The van der Waals surface area contributed by atoms with E-state index >= 15 is 0 Å². The first-order valence-electron chi connectivity index (χ1n) is 19.0. The molecule has 0 spiro atoms. The third-order valence-electron chi connectivity index (χ3n) is 12.5. The Kier molecular flexibility index (Phi) is 6.39. The van der Waals surface area contributed by atoms with Gasteiger partial charge < -0.3 is 9.32 Å². The second kappa shape index (κ2) is 11.1. The van der Waals surface area contributed by atoms with Gasteiger partial charge in [-0.2, -0.15) is 0 Å². The Balaban J connectivity index is 1.13. The third kappa shape index (κ3) is 4.28. The molecule has 0 aliphatic heterocycles. The van der Waals surface area contributed by atoms with E-state index in [0.717, 1.165) is 39.0 Å². The van der Waals surface area contributed by atoms with Crippen LogP contribution in [0.2, 0.25) is 0 Å². The van der Waals surface area contributed by atoms with Crippen molar-refractivity contribution >= 4 is 49.8 Å². The van der Waals surface area contributed by atoms with Crippen molar-refractivity contribution in [3.63, 3.8) is 0 Å². The fraction of sp³-hybridized carbons (Fsp3) is 0.115. The predicted molar refractivity (Wildman–Crippen MR) is 226 cm³/mol. The van der Waals surface area contributed by atoms with Crippen molar-refractivity contribution in [1.82, 2.24) is 0 Å². The monoisotopic (exact) mass is 693 g/mol. The van der Waals surface area contributed by atoms with E-state index < -0.39 is 0 Å². The van der Waals surface area contributed by atoms with Gasteiger partial charge in [-0.25, -0.2) is 0 Å². The molecule has 0 fully saturated rings. The molecule has 0 N–H and O–H groups in total. The number of hydrogen-bond donors (Lipinski definition) is 0. The van der Waals surface area contributed by atoms with Crippen LogP contribution in [0.4, 0.5) is 17.1 Å². The van der Waals surface area contributed by atoms with Crippen molar-refractivity contribution in [3.05, 3.63) is 186 Å². The lowest BCUT2D eigenvalue weighted by molar-refractivity contribution is 0.660. The summed E-state index contributed by atoms with van der Waals surface area (Å²) in [5, 5.41) is 4.72. The van der Waals surface area contributed by atoms with Crippen LogP contribution in [0.15, 0.2) is 168 Å². The van der Waals surface area contributed by atoms with Crippen LogP contribution in [0, 0.1) is 0 Å². The molecular formula is C52H39NO. The standard InChI is InChI=1S/C52H39NO/c1-51(2)44-20-12-10-17-37(44)39-25-22-33(28-46(39)51)53(34-23-26-40-38-18-11-13-21-45(38)52(3,4)47(40)29-34)35-24-27-42-48(30-35)54-49-31-43(32-14-6-5-7-15-32)36-16-8-9-19-41(36)50(42)49/h5-31H,1-4H3. The van der Waals surface area contributed by atoms with Gasteiger partial charge in [-0.15, -0.1) is 0 Å². The largest absolute Gasteiger partial charge is 0.456 e. The summed E-state index contributed by atoms with van der Waals surface area (Å²) in [7, 11) is 0. The lowest BCUT2D eigenvalue weighted by atomic mass is 9.82. The molecule has 2 nitrogen and oxygen atoms in total. The fourth-order valence-electron chi connectivity index (χ4n) is 9.73. The van der Waals surface area contributed by atoms with Gasteiger partial charge in [0.1, 0.15) is 11.2 Å². The van der Waals surface area contributed by atoms with Crippen LogP contribution in [0.5, 0.6) is 0 Å². The van der Waals surface area contributed by atoms with E-state index in [0.29, 0.717) is 0 Å². The topological polar surface area (TPSA) is 16.4 Å². The minimum Gasteiger partial charge on any atom is -0.456 e. The summed E-state index contributed by atoms with van der Waals surface area (Å²) in [6, 6.07) is 60.2. The smallest absolute Gasteiger partial charge is 0.137 e. The number of furan rings is 1. The maximum absolute atomic E-state index is 6.86. The van der Waals surface area contributed by atoms with Crippen molar-refractivity contribution in [2.24, 2.45) is 0 Å². The number of hydrogen-bond acceptors (Lipinski definition) is 2. The average Bonchev–Trinajstić information content (AvgIpc) is 3.77. The second-order valence-corrected chi connectivity index (χ2v) is 16.1. The lowest BCUT2D eigenvalue weighted by Crippen LogP contribution is -2.18. The zero-order valence-corrected chi connectivity index (χ0v) is 30.9. The molecule has 8 aromatic carbocycles. The van der Waals surface area contributed by atoms with Crippen LogP contribution in [-0.4, -0.2) is 0 Å². The van der Waals surface area contributed by atoms with Crippen LogP contribution in [0.1, 0.15) is 49.9 Å². The number of benzene rings is 8. The van der Waals surface area contributed by atoms with E-state index in [1.165, 1.54) is 66.4 Å². The van der Waals surface area contributed by atoms with E-state index in [4.69, 9.17) is 4.42 Å². The molecule has 2 heteroatoms. The van der Waals surface area contributed by atoms with Gasteiger partial charge in [0.25, 0.3) is 0 Å². The highest BCUT2D eigenvalue weighted by molar-refractivity contribution is 6.22. The lowest BCUT2D eigenvalue weighted by Gasteiger charge is -2.29. The molecule has 11 rings (SSSR count). The second-order valence-electron chi connectivity index (χ2n) is 16.1. The molecule has 258 valence electrons. The molecule has 0 saturated heterocycles. The summed E-state index contributed by atoms with van der Waals surface area (Å²) in [5.41, 5.74) is 18.0. The van der Waals surface area contributed by atoms with Gasteiger partial charge in [0.15, 0.2) is 0 Å². The van der Waals surface area contributed by atoms with Crippen LogP contribution in [-0.2, 0) is 10.8 Å². The van der Waals surface area contributed by atoms with Gasteiger partial charge in [-0.1, -0.05) is 143 Å². The van der Waals surface area contributed by atoms with Gasteiger partial charge >= 0.3 is 0 Å². The summed E-state index contributed by atoms with van der Waals surface area (Å²) >= 11 is 0. The Morgan fingerprint density at radius 3 is 1.50 bits per heavy atom. The first kappa shape index (κ1) is 31.2. The van der Waals surface area contributed by atoms with Crippen molar-refractivity contribution in [3.8, 4) is 33.4 Å². The zero-order chi connectivity index (χ0) is 36.3. The van der Waals surface area contributed by atoms with E-state index in [1.807, 2.05) is 0 Å². The highest BCUT2D eigenvalue weighted by Crippen LogP contribution is 2.53. The normalized spacial score (nSPS) is 14.6. The van der Waals surface area contributed by atoms with E-state index in [1.54, 1.807) is 0 Å². The van der Waals surface area contributed by atoms with Crippen LogP contribution < -0.4 is 4.90 Å². The molecular weight excluding hydrogens is 655 g/mol. The van der Waals surface area contributed by atoms with Crippen LogP contribution in [0.25, 0.3) is 66.1 Å². The minimum atomic E-state index is -0.116. The summed E-state index contributed by atoms with van der Waals surface area (Å²) in [4.78, 5) is 2.43. The molecule has 9 aromatic rings. The summed E-state index contributed by atoms with van der Waals surface area (Å²) in [6.07, 6.45) is 0. The van der Waals surface area contributed by atoms with Crippen LogP contribution >= 0.6 is 0 Å². The number of nitrogens with zero attached hydrogens (tertiary/aromatic N) is 1. The molecule has 1 aromatic heterocycles. The highest BCUT2D eigenvalue weighted by atomic mass is 16.3. The quantitative estimate of drug-likeness (QED) is 0.182. The zero-order valence-electron chi connectivity index (χ0n) is 30.9. The Labute approximate surface area is 315 Å². The number of fused-ring (bicyclic) bond motifs is 11. The number of anilines is 3. The van der Waals surface area contributed by atoms with Gasteiger partial charge in [0.2, 0.25) is 0 Å². The third-order valence-corrected chi connectivity index (χ3v) is 12.5. The summed E-state index contributed by atoms with van der Waals surface area (Å²) in [5.74, 6) is 0. The molecule has 0 atom stereocenters. The van der Waals surface area contributed by atoms with Crippen molar-refractivity contribution < 1.29 is 4.42 Å². The molecule has 2 aliphatic carbocycles. The Morgan fingerprint density at radius 1 is 0.370 bits per heavy atom. The highest BCUT2D eigenvalue weighted by Gasteiger charge is 2.37. The van der Waals surface area contributed by atoms with E-state index in [-0.39, 0.29) is 10.8 Å². The number of rotatable bonds is 4. The van der Waals surface area contributed by atoms with Gasteiger partial charge in [-0.3, -0.25) is 0 Å². The minimum absolute atomic E-state index is 0.116. The molecule has 0 bridgehead atoms. The molecule has 54 heavy (non-hydrogen) atoms. The predicted octanol–water partition coefficient (Wildman–Crippen LogP) is 14.5. The maximum Gasteiger partial charge on any atom is 0.137 e. The Hall–Kier alpha value is -6.38. The van der Waals surface area contributed by atoms with Crippen LogP contribution in [0.3, 0.4) is 0 Å². The molecule has 0 saturated carbocycles. The first-order chi connectivity index (χ1) is 26.3. The Morgan fingerprint density at radius 2 is 0.870 bits per heavy atom. The van der Waals surface area contributed by atoms with Crippen molar-refractivity contribution in [2.45, 2.75) is 38.5 Å². The van der Waals surface area contributed by atoms with E-state index in [9.17, 15) is 0 Å². The molecule has 0 unspecified atom stereocenters. The van der Waals surface area contributed by atoms with Crippen molar-refractivity contribution in [2.75, 3.05) is 4.90 Å². The van der Waals surface area contributed by atoms with Gasteiger partial charge in [-0.05, 0) is 109 Å². The maximum atomic E-state index is 6.86. The summed E-state index contributed by atoms with van der Waals surface area (Å²) in [6.45, 7) is 9.43. The molecule has 0 radical (unpaired) electrons. The molecule has 2 aliphatic rings. The van der Waals surface area contributed by atoms with Crippen molar-refractivity contribution in [1.29, 1.82) is 0 Å².